The quantitative estimate of drug-likeness (QED) is 0.325. The van der Waals surface area contributed by atoms with Gasteiger partial charge in [-0.25, -0.2) is 0 Å². The maximum Gasteiger partial charge on any atom is 0.296 e. The Labute approximate surface area is 193 Å². The van der Waals surface area contributed by atoms with E-state index in [2.05, 4.69) is 18.8 Å². The van der Waals surface area contributed by atoms with Crippen LogP contribution in [0, 0.1) is 5.92 Å². The monoisotopic (exact) mass is 442 g/mol. The largest absolute Gasteiger partial charge is 0.507 e. The third-order valence-corrected chi connectivity index (χ3v) is 5.42. The van der Waals surface area contributed by atoms with Crippen LogP contribution in [0.1, 0.15) is 36.7 Å². The number of hydrogen-bond acceptors (Lipinski definition) is 5. The van der Waals surface area contributed by atoms with Gasteiger partial charge in [0.25, 0.3) is 11.7 Å². The molecule has 3 aromatic rings. The van der Waals surface area contributed by atoms with E-state index >= 15 is 0 Å². The molecule has 1 unspecified atom stereocenters. The second kappa shape index (κ2) is 9.69. The zero-order chi connectivity index (χ0) is 23.4. The van der Waals surface area contributed by atoms with Gasteiger partial charge in [0, 0.05) is 11.8 Å². The number of carbonyl (C=O) groups is 2. The number of amides is 1. The van der Waals surface area contributed by atoms with Crippen molar-refractivity contribution in [1.29, 1.82) is 0 Å². The lowest BCUT2D eigenvalue weighted by molar-refractivity contribution is -0.140. The fourth-order valence-corrected chi connectivity index (χ4v) is 3.82. The standard InChI is InChI=1S/C27H26N2O4/c1-18(2)17-33-22-13-11-20(12-14-22)25(30)23-24(19-8-4-3-5-9-19)29(27(32)26(23)31)16-21-10-6-7-15-28-21/h3-15,18,24,30H,16-17H2,1-2H3/b25-23+. The van der Waals surface area contributed by atoms with E-state index < -0.39 is 17.7 Å². The number of pyridine rings is 1. The topological polar surface area (TPSA) is 79.7 Å². The first-order chi connectivity index (χ1) is 16.0. The number of hydrogen-bond donors (Lipinski definition) is 1. The number of ketones is 1. The van der Waals surface area contributed by atoms with Gasteiger partial charge in [0.15, 0.2) is 0 Å². The molecule has 2 aromatic carbocycles. The first-order valence-corrected chi connectivity index (χ1v) is 10.9. The number of aliphatic hydroxyl groups is 1. The highest BCUT2D eigenvalue weighted by molar-refractivity contribution is 6.46. The van der Waals surface area contributed by atoms with Gasteiger partial charge in [-0.2, -0.15) is 0 Å². The van der Waals surface area contributed by atoms with Crippen LogP contribution in [-0.2, 0) is 16.1 Å². The minimum atomic E-state index is -0.718. The van der Waals surface area contributed by atoms with Crippen molar-refractivity contribution in [3.8, 4) is 5.75 Å². The van der Waals surface area contributed by atoms with Crippen LogP contribution in [0.3, 0.4) is 0 Å². The molecule has 0 aliphatic carbocycles. The Morgan fingerprint density at radius 2 is 1.70 bits per heavy atom. The maximum absolute atomic E-state index is 13.1. The van der Waals surface area contributed by atoms with Crippen LogP contribution in [0.25, 0.3) is 5.76 Å². The number of rotatable bonds is 7. The SMILES string of the molecule is CC(C)COc1ccc(/C(O)=C2\C(=O)C(=O)N(Cc3ccccn3)C2c2ccccc2)cc1. The van der Waals surface area contributed by atoms with Gasteiger partial charge in [-0.1, -0.05) is 50.2 Å². The number of carbonyl (C=O) groups excluding carboxylic acids is 2. The van der Waals surface area contributed by atoms with Crippen molar-refractivity contribution in [3.63, 3.8) is 0 Å². The van der Waals surface area contributed by atoms with Gasteiger partial charge in [0.05, 0.1) is 30.5 Å². The van der Waals surface area contributed by atoms with Gasteiger partial charge < -0.3 is 14.7 Å². The van der Waals surface area contributed by atoms with E-state index in [-0.39, 0.29) is 17.9 Å². The lowest BCUT2D eigenvalue weighted by Crippen LogP contribution is -2.29. The van der Waals surface area contributed by atoms with E-state index in [0.29, 0.717) is 29.5 Å². The zero-order valence-electron chi connectivity index (χ0n) is 18.6. The second-order valence-corrected chi connectivity index (χ2v) is 8.39. The third kappa shape index (κ3) is 4.80. The molecule has 1 N–H and O–H groups in total. The summed E-state index contributed by atoms with van der Waals surface area (Å²) in [5.74, 6) is -0.513. The van der Waals surface area contributed by atoms with Crippen molar-refractivity contribution < 1.29 is 19.4 Å². The van der Waals surface area contributed by atoms with E-state index in [4.69, 9.17) is 4.74 Å². The molecule has 0 radical (unpaired) electrons. The van der Waals surface area contributed by atoms with Crippen molar-refractivity contribution >= 4 is 17.4 Å². The second-order valence-electron chi connectivity index (χ2n) is 8.39. The molecule has 1 aliphatic rings. The predicted octanol–water partition coefficient (Wildman–Crippen LogP) is 4.74. The zero-order valence-corrected chi connectivity index (χ0v) is 18.6. The summed E-state index contributed by atoms with van der Waals surface area (Å²) in [7, 11) is 0. The van der Waals surface area contributed by atoms with Crippen molar-refractivity contribution in [3.05, 3.63) is 101 Å². The van der Waals surface area contributed by atoms with Gasteiger partial charge in [-0.05, 0) is 47.9 Å². The number of aliphatic hydroxyl groups excluding tert-OH is 1. The lowest BCUT2D eigenvalue weighted by atomic mass is 9.95. The highest BCUT2D eigenvalue weighted by atomic mass is 16.5. The molecule has 33 heavy (non-hydrogen) atoms. The van der Waals surface area contributed by atoms with Crippen molar-refractivity contribution in [1.82, 2.24) is 9.88 Å². The molecule has 168 valence electrons. The molecule has 6 heteroatoms. The van der Waals surface area contributed by atoms with E-state index in [1.54, 1.807) is 42.6 Å². The van der Waals surface area contributed by atoms with Gasteiger partial charge in [-0.15, -0.1) is 0 Å². The highest BCUT2D eigenvalue weighted by Gasteiger charge is 2.46. The molecule has 1 fully saturated rings. The molecule has 1 saturated heterocycles. The predicted molar refractivity (Wildman–Crippen MR) is 125 cm³/mol. The average Bonchev–Trinajstić information content (AvgIpc) is 3.09. The van der Waals surface area contributed by atoms with E-state index in [1.165, 1.54) is 4.90 Å². The molecule has 2 heterocycles. The van der Waals surface area contributed by atoms with Crippen LogP contribution in [-0.4, -0.2) is 33.3 Å². The third-order valence-electron chi connectivity index (χ3n) is 5.42. The summed E-state index contributed by atoms with van der Waals surface area (Å²) in [6, 6.07) is 20.8. The summed E-state index contributed by atoms with van der Waals surface area (Å²) >= 11 is 0. The van der Waals surface area contributed by atoms with Gasteiger partial charge in [0.1, 0.15) is 11.5 Å². The van der Waals surface area contributed by atoms with Crippen LogP contribution < -0.4 is 4.74 Å². The Morgan fingerprint density at radius 1 is 1.00 bits per heavy atom. The number of aromatic nitrogens is 1. The molecule has 1 amide bonds. The Hall–Kier alpha value is -3.93. The van der Waals surface area contributed by atoms with Crippen molar-refractivity contribution in [2.45, 2.75) is 26.4 Å². The Bertz CT molecular complexity index is 1160. The fraction of sp³-hybridized carbons (Fsp3) is 0.222. The number of Topliss-reactive ketones (excluding diaryl/α,β-unsaturated/α-hetero) is 1. The first-order valence-electron chi connectivity index (χ1n) is 10.9. The van der Waals surface area contributed by atoms with Gasteiger partial charge in [0.2, 0.25) is 0 Å². The number of benzene rings is 2. The summed E-state index contributed by atoms with van der Waals surface area (Å²) in [6.45, 7) is 4.86. The average molecular weight is 443 g/mol. The van der Waals surface area contributed by atoms with Crippen LogP contribution in [0.2, 0.25) is 0 Å². The number of ether oxygens (including phenoxy) is 1. The summed E-state index contributed by atoms with van der Waals surface area (Å²) in [5.41, 5.74) is 1.92. The smallest absolute Gasteiger partial charge is 0.296 e. The van der Waals surface area contributed by atoms with Crippen LogP contribution in [0.4, 0.5) is 0 Å². The fourth-order valence-electron chi connectivity index (χ4n) is 3.82. The molecule has 0 saturated carbocycles. The Kier molecular flexibility index (Phi) is 6.54. The summed E-state index contributed by atoms with van der Waals surface area (Å²) in [4.78, 5) is 31.9. The Balaban J connectivity index is 1.74. The summed E-state index contributed by atoms with van der Waals surface area (Å²) in [5, 5.41) is 11.2. The van der Waals surface area contributed by atoms with Gasteiger partial charge >= 0.3 is 0 Å². The van der Waals surface area contributed by atoms with Crippen LogP contribution in [0.5, 0.6) is 5.75 Å². The van der Waals surface area contributed by atoms with E-state index in [1.807, 2.05) is 36.4 Å². The summed E-state index contributed by atoms with van der Waals surface area (Å²) in [6.07, 6.45) is 1.65. The maximum atomic E-state index is 13.1. The molecule has 4 rings (SSSR count). The van der Waals surface area contributed by atoms with E-state index in [0.717, 1.165) is 5.56 Å². The van der Waals surface area contributed by atoms with Crippen molar-refractivity contribution in [2.75, 3.05) is 6.61 Å². The van der Waals surface area contributed by atoms with Crippen LogP contribution in [0.15, 0.2) is 84.6 Å². The molecule has 0 bridgehead atoms. The molecule has 1 aliphatic heterocycles. The highest BCUT2D eigenvalue weighted by Crippen LogP contribution is 2.40. The molecule has 1 aromatic heterocycles. The molecule has 6 nitrogen and oxygen atoms in total. The lowest BCUT2D eigenvalue weighted by Gasteiger charge is -2.25. The molecular formula is C27H26N2O4. The molecule has 0 spiro atoms. The minimum absolute atomic E-state index is 0.0676. The number of nitrogens with zero attached hydrogens (tertiary/aromatic N) is 2. The summed E-state index contributed by atoms with van der Waals surface area (Å²) < 4.78 is 5.71. The van der Waals surface area contributed by atoms with Gasteiger partial charge in [-0.3, -0.25) is 14.6 Å². The van der Waals surface area contributed by atoms with Crippen LogP contribution >= 0.6 is 0 Å². The minimum Gasteiger partial charge on any atom is -0.507 e. The number of likely N-dealkylation sites (tertiary alicyclic amines) is 1. The first kappa shape index (κ1) is 22.3. The van der Waals surface area contributed by atoms with Crippen molar-refractivity contribution in [2.24, 2.45) is 5.92 Å². The molecular weight excluding hydrogens is 416 g/mol. The van der Waals surface area contributed by atoms with E-state index in [9.17, 15) is 14.7 Å². The Morgan fingerprint density at radius 3 is 2.33 bits per heavy atom. The normalized spacial score (nSPS) is 17.5. The molecule has 1 atom stereocenters.